The van der Waals surface area contributed by atoms with Crippen molar-refractivity contribution < 1.29 is 14.3 Å². The largest absolute Gasteiger partial charge is 0.497 e. The Morgan fingerprint density at radius 2 is 1.97 bits per heavy atom. The minimum atomic E-state index is -0.267. The van der Waals surface area contributed by atoms with Gasteiger partial charge in [-0.3, -0.25) is 14.3 Å². The smallest absolute Gasteiger partial charge is 0.228 e. The van der Waals surface area contributed by atoms with Gasteiger partial charge in [0, 0.05) is 50.0 Å². The molecule has 0 saturated carbocycles. The van der Waals surface area contributed by atoms with Gasteiger partial charge in [0.05, 0.1) is 18.7 Å². The van der Waals surface area contributed by atoms with Crippen LogP contribution in [0.4, 0.5) is 5.69 Å². The number of methoxy groups -OCH3 is 1. The van der Waals surface area contributed by atoms with Crippen LogP contribution in [0.25, 0.3) is 0 Å². The molecule has 2 saturated heterocycles. The molecule has 0 spiro atoms. The predicted octanol–water partition coefficient (Wildman–Crippen LogP) is 2.80. The number of hydrogen-bond acceptors (Lipinski definition) is 4. The molecule has 160 valence electrons. The normalized spacial score (nSPS) is 20.1. The standard InChI is InChI=1S/C23H30N4O3/c1-16-11-17(2)27(24-16)14-18-7-9-25(10-8-18)23(29)19-12-22(28)26(15-19)20-5-4-6-21(13-20)30-3/h4-6,11,13,18-19H,7-10,12,14-15H2,1-3H3/t19-/m0/s1. The van der Waals surface area contributed by atoms with Crippen LogP contribution in [-0.2, 0) is 16.1 Å². The topological polar surface area (TPSA) is 67.7 Å². The molecule has 2 aromatic rings. The second kappa shape index (κ2) is 8.50. The third-order valence-corrected chi connectivity index (χ3v) is 6.30. The first-order valence-electron chi connectivity index (χ1n) is 10.7. The van der Waals surface area contributed by atoms with Crippen LogP contribution < -0.4 is 9.64 Å². The highest BCUT2D eigenvalue weighted by Gasteiger charge is 2.38. The number of piperidine rings is 1. The van der Waals surface area contributed by atoms with Crippen molar-refractivity contribution >= 4 is 17.5 Å². The third-order valence-electron chi connectivity index (χ3n) is 6.30. The van der Waals surface area contributed by atoms with Crippen molar-refractivity contribution in [1.82, 2.24) is 14.7 Å². The van der Waals surface area contributed by atoms with E-state index >= 15 is 0 Å². The molecule has 0 bridgehead atoms. The fourth-order valence-corrected chi connectivity index (χ4v) is 4.60. The van der Waals surface area contributed by atoms with Gasteiger partial charge in [-0.1, -0.05) is 6.07 Å². The first-order valence-corrected chi connectivity index (χ1v) is 10.7. The molecule has 0 aliphatic carbocycles. The lowest BCUT2D eigenvalue weighted by atomic mass is 9.95. The van der Waals surface area contributed by atoms with Crippen LogP contribution in [0.1, 0.15) is 30.7 Å². The van der Waals surface area contributed by atoms with Crippen molar-refractivity contribution in [2.75, 3.05) is 31.6 Å². The van der Waals surface area contributed by atoms with Crippen molar-refractivity contribution in [2.45, 2.75) is 39.7 Å². The Balaban J connectivity index is 1.33. The average Bonchev–Trinajstić information content (AvgIpc) is 3.29. The summed E-state index contributed by atoms with van der Waals surface area (Å²) in [5.74, 6) is 1.08. The quantitative estimate of drug-likeness (QED) is 0.760. The number of benzene rings is 1. The summed E-state index contributed by atoms with van der Waals surface area (Å²) in [7, 11) is 1.61. The second-order valence-corrected chi connectivity index (χ2v) is 8.48. The lowest BCUT2D eigenvalue weighted by Crippen LogP contribution is -2.43. The summed E-state index contributed by atoms with van der Waals surface area (Å²) in [6.45, 7) is 6.97. The van der Waals surface area contributed by atoms with Crippen LogP contribution in [-0.4, -0.2) is 53.2 Å². The Kier molecular flexibility index (Phi) is 5.79. The van der Waals surface area contributed by atoms with Crippen LogP contribution in [0, 0.1) is 25.7 Å². The van der Waals surface area contributed by atoms with E-state index < -0.39 is 0 Å². The maximum atomic E-state index is 13.1. The van der Waals surface area contributed by atoms with Crippen LogP contribution in [0.5, 0.6) is 5.75 Å². The van der Waals surface area contributed by atoms with E-state index in [0.717, 1.165) is 43.9 Å². The van der Waals surface area contributed by atoms with Gasteiger partial charge >= 0.3 is 0 Å². The Bertz CT molecular complexity index is 930. The number of rotatable bonds is 5. The zero-order valence-corrected chi connectivity index (χ0v) is 18.0. The monoisotopic (exact) mass is 410 g/mol. The SMILES string of the molecule is COc1cccc(N2C[C@@H](C(=O)N3CCC(Cn4nc(C)cc4C)CC3)CC2=O)c1. The number of hydrogen-bond donors (Lipinski definition) is 0. The van der Waals surface area contributed by atoms with Gasteiger partial charge in [0.25, 0.3) is 0 Å². The summed E-state index contributed by atoms with van der Waals surface area (Å²) in [4.78, 5) is 29.3. The molecule has 2 amide bonds. The van der Waals surface area contributed by atoms with E-state index in [2.05, 4.69) is 22.8 Å². The number of anilines is 1. The second-order valence-electron chi connectivity index (χ2n) is 8.48. The minimum absolute atomic E-state index is 0.000941. The fourth-order valence-electron chi connectivity index (χ4n) is 4.60. The molecule has 3 heterocycles. The summed E-state index contributed by atoms with van der Waals surface area (Å²) in [6, 6.07) is 9.55. The summed E-state index contributed by atoms with van der Waals surface area (Å²) in [6.07, 6.45) is 2.23. The van der Waals surface area contributed by atoms with Crippen LogP contribution in [0.15, 0.2) is 30.3 Å². The van der Waals surface area contributed by atoms with Gasteiger partial charge in [0.1, 0.15) is 5.75 Å². The number of amides is 2. The zero-order valence-electron chi connectivity index (χ0n) is 18.0. The van der Waals surface area contributed by atoms with Gasteiger partial charge in [-0.2, -0.15) is 5.10 Å². The van der Waals surface area contributed by atoms with E-state index in [4.69, 9.17) is 4.74 Å². The molecule has 0 unspecified atom stereocenters. The highest BCUT2D eigenvalue weighted by atomic mass is 16.5. The number of ether oxygens (including phenoxy) is 1. The lowest BCUT2D eigenvalue weighted by Gasteiger charge is -2.33. The van der Waals surface area contributed by atoms with Gasteiger partial charge in [0.2, 0.25) is 11.8 Å². The van der Waals surface area contributed by atoms with E-state index in [9.17, 15) is 9.59 Å². The molecule has 7 heteroatoms. The Morgan fingerprint density at radius 1 is 1.20 bits per heavy atom. The number of nitrogens with zero attached hydrogens (tertiary/aromatic N) is 4. The molecule has 2 fully saturated rings. The van der Waals surface area contributed by atoms with Crippen molar-refractivity contribution in [3.8, 4) is 5.75 Å². The van der Waals surface area contributed by atoms with E-state index in [-0.39, 0.29) is 24.2 Å². The van der Waals surface area contributed by atoms with Gasteiger partial charge in [0.15, 0.2) is 0 Å². The summed E-state index contributed by atoms with van der Waals surface area (Å²) < 4.78 is 7.34. The van der Waals surface area contributed by atoms with Gasteiger partial charge in [-0.25, -0.2) is 0 Å². The van der Waals surface area contributed by atoms with E-state index in [1.807, 2.05) is 36.1 Å². The molecule has 0 N–H and O–H groups in total. The number of aromatic nitrogens is 2. The van der Waals surface area contributed by atoms with Crippen LogP contribution >= 0.6 is 0 Å². The Morgan fingerprint density at radius 3 is 2.63 bits per heavy atom. The third kappa shape index (κ3) is 4.20. The van der Waals surface area contributed by atoms with E-state index in [1.54, 1.807) is 12.0 Å². The number of aryl methyl sites for hydroxylation is 2. The maximum absolute atomic E-state index is 13.1. The van der Waals surface area contributed by atoms with E-state index in [1.165, 1.54) is 5.69 Å². The van der Waals surface area contributed by atoms with Crippen molar-refractivity contribution in [3.05, 3.63) is 41.7 Å². The molecular formula is C23H30N4O3. The molecule has 0 radical (unpaired) electrons. The maximum Gasteiger partial charge on any atom is 0.228 e. The molecule has 7 nitrogen and oxygen atoms in total. The number of carbonyl (C=O) groups is 2. The number of likely N-dealkylation sites (tertiary alicyclic amines) is 1. The Labute approximate surface area is 177 Å². The van der Waals surface area contributed by atoms with Gasteiger partial charge in [-0.15, -0.1) is 0 Å². The first-order chi connectivity index (χ1) is 14.4. The van der Waals surface area contributed by atoms with Crippen LogP contribution in [0.3, 0.4) is 0 Å². The highest BCUT2D eigenvalue weighted by molar-refractivity contribution is 6.00. The molecule has 30 heavy (non-hydrogen) atoms. The summed E-state index contributed by atoms with van der Waals surface area (Å²) in [5, 5.41) is 4.56. The predicted molar refractivity (Wildman–Crippen MR) is 114 cm³/mol. The minimum Gasteiger partial charge on any atom is -0.497 e. The first kappa shape index (κ1) is 20.4. The van der Waals surface area contributed by atoms with Crippen molar-refractivity contribution in [1.29, 1.82) is 0 Å². The van der Waals surface area contributed by atoms with Gasteiger partial charge < -0.3 is 14.5 Å². The zero-order chi connectivity index (χ0) is 21.3. The molecule has 1 aromatic carbocycles. The van der Waals surface area contributed by atoms with Gasteiger partial charge in [-0.05, 0) is 50.8 Å². The van der Waals surface area contributed by atoms with Crippen molar-refractivity contribution in [3.63, 3.8) is 0 Å². The van der Waals surface area contributed by atoms with E-state index in [0.29, 0.717) is 18.2 Å². The average molecular weight is 411 g/mol. The molecule has 1 aromatic heterocycles. The number of carbonyl (C=O) groups excluding carboxylic acids is 2. The molecule has 1 atom stereocenters. The lowest BCUT2D eigenvalue weighted by molar-refractivity contribution is -0.137. The fraction of sp³-hybridized carbons (Fsp3) is 0.522. The summed E-state index contributed by atoms with van der Waals surface area (Å²) >= 11 is 0. The molecule has 2 aliphatic rings. The summed E-state index contributed by atoms with van der Waals surface area (Å²) in [5.41, 5.74) is 3.03. The van der Waals surface area contributed by atoms with Crippen LogP contribution in [0.2, 0.25) is 0 Å². The molecule has 2 aliphatic heterocycles. The molecule has 4 rings (SSSR count). The highest BCUT2D eigenvalue weighted by Crippen LogP contribution is 2.30. The van der Waals surface area contributed by atoms with Crippen molar-refractivity contribution in [2.24, 2.45) is 11.8 Å². The Hall–Kier alpha value is -2.83. The molecular weight excluding hydrogens is 380 g/mol.